The monoisotopic (exact) mass is 187 g/mol. The number of esters is 1. The van der Waals surface area contributed by atoms with Crippen molar-refractivity contribution in [2.75, 3.05) is 7.11 Å². The number of hydrogen-bond donors (Lipinski definition) is 0. The van der Waals surface area contributed by atoms with E-state index >= 15 is 0 Å². The number of hydrogen-bond acceptors (Lipinski definition) is 3. The predicted octanol–water partition coefficient (Wildman–Crippen LogP) is 2.66. The lowest BCUT2D eigenvalue weighted by Crippen LogP contribution is -2.19. The molecule has 1 unspecified atom stereocenters. The van der Waals surface area contributed by atoms with E-state index in [0.29, 0.717) is 6.42 Å². The molecule has 0 aromatic rings. The first kappa shape index (κ1) is 14.3. The number of carbonyl (C=O) groups is 1. The van der Waals surface area contributed by atoms with Crippen molar-refractivity contribution in [3.8, 4) is 0 Å². The third-order valence-electron chi connectivity index (χ3n) is 1.50. The van der Waals surface area contributed by atoms with Crippen molar-refractivity contribution in [3.63, 3.8) is 0 Å². The molecule has 5 heteroatoms. The van der Waals surface area contributed by atoms with Gasteiger partial charge in [0.15, 0.2) is 0 Å². The van der Waals surface area contributed by atoms with Gasteiger partial charge < -0.3 is 4.74 Å². The molecule has 5 nitrogen and oxygen atoms in total. The Hall–Kier alpha value is -1.22. The third kappa shape index (κ3) is 5.99. The smallest absolute Gasteiger partial charge is 0.314 e. The van der Waals surface area contributed by atoms with E-state index in [0.717, 1.165) is 12.8 Å². The van der Waals surface area contributed by atoms with Crippen molar-refractivity contribution in [2.24, 2.45) is 5.11 Å². The van der Waals surface area contributed by atoms with Crippen LogP contribution in [0.15, 0.2) is 5.11 Å². The van der Waals surface area contributed by atoms with Crippen molar-refractivity contribution < 1.29 is 9.53 Å². The van der Waals surface area contributed by atoms with Gasteiger partial charge in [-0.25, -0.2) is 0 Å². The fraction of sp³-hybridized carbons (Fsp3) is 0.875. The van der Waals surface area contributed by atoms with Crippen LogP contribution in [0.4, 0.5) is 0 Å². The Morgan fingerprint density at radius 3 is 2.69 bits per heavy atom. The molecular formula is C8H17N3O2. The average molecular weight is 187 g/mol. The van der Waals surface area contributed by atoms with Crippen LogP contribution in [0.2, 0.25) is 0 Å². The van der Waals surface area contributed by atoms with E-state index in [-0.39, 0.29) is 7.43 Å². The highest BCUT2D eigenvalue weighted by Crippen LogP contribution is 2.06. The van der Waals surface area contributed by atoms with E-state index < -0.39 is 12.0 Å². The van der Waals surface area contributed by atoms with Crippen LogP contribution < -0.4 is 0 Å². The summed E-state index contributed by atoms with van der Waals surface area (Å²) < 4.78 is 4.46. The molecule has 1 atom stereocenters. The quantitative estimate of drug-likeness (QED) is 0.287. The highest BCUT2D eigenvalue weighted by molar-refractivity contribution is 5.75. The zero-order chi connectivity index (χ0) is 9.40. The lowest BCUT2D eigenvalue weighted by molar-refractivity contribution is -0.142. The van der Waals surface area contributed by atoms with Gasteiger partial charge in [-0.2, -0.15) is 0 Å². The maximum atomic E-state index is 10.9. The van der Waals surface area contributed by atoms with Gasteiger partial charge in [0.05, 0.1) is 7.11 Å². The first-order chi connectivity index (χ1) is 5.76. The molecule has 0 rings (SSSR count). The molecule has 0 bridgehead atoms. The summed E-state index contributed by atoms with van der Waals surface area (Å²) in [5, 5.41) is 3.34. The van der Waals surface area contributed by atoms with E-state index in [1.165, 1.54) is 7.11 Å². The number of carbonyl (C=O) groups excluding carboxylic acids is 1. The van der Waals surface area contributed by atoms with Crippen molar-refractivity contribution in [2.45, 2.75) is 39.7 Å². The van der Waals surface area contributed by atoms with Crippen LogP contribution in [-0.2, 0) is 9.53 Å². The van der Waals surface area contributed by atoms with Gasteiger partial charge in [0, 0.05) is 4.91 Å². The number of nitrogens with zero attached hydrogens (tertiary/aromatic N) is 3. The second-order valence-electron chi connectivity index (χ2n) is 2.39. The maximum absolute atomic E-state index is 10.9. The summed E-state index contributed by atoms with van der Waals surface area (Å²) in [6.07, 6.45) is 2.39. The van der Waals surface area contributed by atoms with Gasteiger partial charge in [0.2, 0.25) is 0 Å². The Morgan fingerprint density at radius 2 is 2.31 bits per heavy atom. The summed E-state index contributed by atoms with van der Waals surface area (Å²) in [4.78, 5) is 13.5. The number of azide groups is 1. The van der Waals surface area contributed by atoms with Crippen molar-refractivity contribution in [1.29, 1.82) is 0 Å². The lowest BCUT2D eigenvalue weighted by Gasteiger charge is -2.06. The Kier molecular flexibility index (Phi) is 9.77. The second kappa shape index (κ2) is 8.87. The summed E-state index contributed by atoms with van der Waals surface area (Å²) in [5.41, 5.74) is 8.13. The molecule has 76 valence electrons. The van der Waals surface area contributed by atoms with Crippen LogP contribution in [0.25, 0.3) is 10.4 Å². The van der Waals surface area contributed by atoms with Crippen LogP contribution >= 0.6 is 0 Å². The summed E-state index contributed by atoms with van der Waals surface area (Å²) in [6, 6.07) is -0.653. The third-order valence-corrected chi connectivity index (χ3v) is 1.50. The number of methoxy groups -OCH3 is 1. The van der Waals surface area contributed by atoms with E-state index in [1.54, 1.807) is 0 Å². The molecule has 0 radical (unpaired) electrons. The van der Waals surface area contributed by atoms with Gasteiger partial charge in [-0.15, -0.1) is 0 Å². The van der Waals surface area contributed by atoms with Gasteiger partial charge >= 0.3 is 5.97 Å². The molecule has 0 aliphatic rings. The van der Waals surface area contributed by atoms with Crippen LogP contribution in [0.5, 0.6) is 0 Å². The molecule has 13 heavy (non-hydrogen) atoms. The van der Waals surface area contributed by atoms with E-state index in [4.69, 9.17) is 5.53 Å². The minimum atomic E-state index is -0.653. The Balaban J connectivity index is 0. The zero-order valence-electron chi connectivity index (χ0n) is 7.36. The first-order valence-electron chi connectivity index (χ1n) is 3.88. The molecule has 0 fully saturated rings. The molecule has 0 saturated carbocycles. The lowest BCUT2D eigenvalue weighted by atomic mass is 10.1. The topological polar surface area (TPSA) is 75.1 Å². The van der Waals surface area contributed by atoms with E-state index in [1.807, 2.05) is 6.92 Å². The minimum absolute atomic E-state index is 0. The largest absolute Gasteiger partial charge is 0.469 e. The fourth-order valence-electron chi connectivity index (χ4n) is 0.819. The molecule has 0 saturated heterocycles. The van der Waals surface area contributed by atoms with Crippen LogP contribution in [0.1, 0.15) is 33.6 Å². The zero-order valence-corrected chi connectivity index (χ0v) is 7.36. The summed E-state index contributed by atoms with van der Waals surface area (Å²) in [7, 11) is 1.29. The van der Waals surface area contributed by atoms with Crippen LogP contribution in [0, 0.1) is 0 Å². The molecule has 0 spiro atoms. The molecule has 0 amide bonds. The molecular weight excluding hydrogens is 170 g/mol. The predicted molar refractivity (Wildman–Crippen MR) is 51.2 cm³/mol. The van der Waals surface area contributed by atoms with Gasteiger partial charge in [0.25, 0.3) is 0 Å². The number of unbranched alkanes of at least 4 members (excludes halogenated alkanes) is 1. The van der Waals surface area contributed by atoms with E-state index in [9.17, 15) is 4.79 Å². The molecule has 0 aromatic carbocycles. The van der Waals surface area contributed by atoms with E-state index in [2.05, 4.69) is 14.8 Å². The van der Waals surface area contributed by atoms with Gasteiger partial charge in [0.1, 0.15) is 6.04 Å². The van der Waals surface area contributed by atoms with Crippen molar-refractivity contribution >= 4 is 5.97 Å². The molecule has 0 aliphatic heterocycles. The number of rotatable bonds is 5. The summed E-state index contributed by atoms with van der Waals surface area (Å²) >= 11 is 0. The first-order valence-corrected chi connectivity index (χ1v) is 3.88. The summed E-state index contributed by atoms with van der Waals surface area (Å²) in [5.74, 6) is -0.457. The Morgan fingerprint density at radius 1 is 1.69 bits per heavy atom. The second-order valence-corrected chi connectivity index (χ2v) is 2.39. The summed E-state index contributed by atoms with van der Waals surface area (Å²) in [6.45, 7) is 2.00. The van der Waals surface area contributed by atoms with Crippen molar-refractivity contribution in [1.82, 2.24) is 0 Å². The van der Waals surface area contributed by atoms with Gasteiger partial charge in [-0.1, -0.05) is 32.3 Å². The molecule has 0 heterocycles. The van der Waals surface area contributed by atoms with Gasteiger partial charge in [-0.3, -0.25) is 4.79 Å². The molecule has 0 aliphatic carbocycles. The Bertz CT molecular complexity index is 188. The van der Waals surface area contributed by atoms with Crippen molar-refractivity contribution in [3.05, 3.63) is 10.4 Å². The number of ether oxygens (including phenoxy) is 1. The highest BCUT2D eigenvalue weighted by Gasteiger charge is 2.15. The molecule has 0 aromatic heterocycles. The van der Waals surface area contributed by atoms with Crippen LogP contribution in [-0.4, -0.2) is 19.1 Å². The highest BCUT2D eigenvalue weighted by atomic mass is 16.5. The normalized spacial score (nSPS) is 10.6. The minimum Gasteiger partial charge on any atom is -0.469 e. The average Bonchev–Trinajstić information content (AvgIpc) is 2.11. The van der Waals surface area contributed by atoms with Crippen LogP contribution in [0.3, 0.4) is 0 Å². The van der Waals surface area contributed by atoms with Gasteiger partial charge in [-0.05, 0) is 12.0 Å². The standard InChI is InChI=1S/C7H13N3O2.CH4/c1-3-4-5-6(9-10-8)7(11)12-2;/h6H,3-5H2,1-2H3;1H4. The molecule has 0 N–H and O–H groups in total. The SMILES string of the molecule is C.CCCCC(N=[N+]=[N-])C(=O)OC. The fourth-order valence-corrected chi connectivity index (χ4v) is 0.819. The maximum Gasteiger partial charge on any atom is 0.314 e. The Labute approximate surface area is 78.7 Å².